The van der Waals surface area contributed by atoms with Crippen LogP contribution in [-0.2, 0) is 11.2 Å². The number of benzene rings is 1. The minimum absolute atomic E-state index is 0.189. The summed E-state index contributed by atoms with van der Waals surface area (Å²) in [5.41, 5.74) is 8.98. The third-order valence-electron chi connectivity index (χ3n) is 3.84. The van der Waals surface area contributed by atoms with Crippen molar-refractivity contribution in [1.82, 2.24) is 0 Å². The first kappa shape index (κ1) is 15.1. The van der Waals surface area contributed by atoms with E-state index in [4.69, 9.17) is 17.3 Å². The summed E-state index contributed by atoms with van der Waals surface area (Å²) in [7, 11) is 0. The van der Waals surface area contributed by atoms with Gasteiger partial charge in [-0.2, -0.15) is 0 Å². The summed E-state index contributed by atoms with van der Waals surface area (Å²) in [4.78, 5) is 24.2. The molecule has 0 saturated carbocycles. The van der Waals surface area contributed by atoms with E-state index in [2.05, 4.69) is 12.2 Å². The number of halogens is 1. The zero-order chi connectivity index (χ0) is 16.0. The first-order valence-electron chi connectivity index (χ1n) is 6.92. The highest BCUT2D eigenvalue weighted by Gasteiger charge is 2.31. The van der Waals surface area contributed by atoms with Crippen LogP contribution in [0.3, 0.4) is 0 Å². The van der Waals surface area contributed by atoms with Crippen molar-refractivity contribution in [1.29, 1.82) is 0 Å². The number of primary amides is 1. The largest absolute Gasteiger partial charge is 0.365 e. The number of rotatable bonds is 2. The van der Waals surface area contributed by atoms with Gasteiger partial charge in [0.1, 0.15) is 5.00 Å². The zero-order valence-electron chi connectivity index (χ0n) is 12.2. The standard InChI is InChI=1S/C16H15ClN2O2S/c1-7-6-10-13(15(18)21)16(19-8(2)20)22-14(10)9-4-3-5-11(17)12(7)9/h3-5,7H,6H2,1-2H3,(H2,18,21)(H,19,20). The lowest BCUT2D eigenvalue weighted by Gasteiger charge is -2.24. The second-order valence-corrected chi connectivity index (χ2v) is 6.89. The second-order valence-electron chi connectivity index (χ2n) is 5.47. The van der Waals surface area contributed by atoms with E-state index in [1.807, 2.05) is 18.2 Å². The zero-order valence-corrected chi connectivity index (χ0v) is 13.8. The molecule has 0 fully saturated rings. The van der Waals surface area contributed by atoms with Gasteiger partial charge in [-0.1, -0.05) is 30.7 Å². The van der Waals surface area contributed by atoms with Crippen molar-refractivity contribution in [3.8, 4) is 10.4 Å². The fraction of sp³-hybridized carbons (Fsp3) is 0.250. The molecule has 1 heterocycles. The molecule has 2 amide bonds. The first-order valence-corrected chi connectivity index (χ1v) is 8.11. The van der Waals surface area contributed by atoms with E-state index in [1.165, 1.54) is 18.3 Å². The molecule has 114 valence electrons. The Hall–Kier alpha value is -1.85. The monoisotopic (exact) mass is 334 g/mol. The summed E-state index contributed by atoms with van der Waals surface area (Å²) in [5, 5.41) is 3.96. The molecule has 0 spiro atoms. The fourth-order valence-electron chi connectivity index (χ4n) is 3.03. The van der Waals surface area contributed by atoms with Crippen molar-refractivity contribution in [2.45, 2.75) is 26.2 Å². The maximum atomic E-state index is 11.9. The lowest BCUT2D eigenvalue weighted by molar-refractivity contribution is -0.114. The third-order valence-corrected chi connectivity index (χ3v) is 5.35. The van der Waals surface area contributed by atoms with Crippen LogP contribution in [0.15, 0.2) is 18.2 Å². The Morgan fingerprint density at radius 1 is 1.41 bits per heavy atom. The highest BCUT2D eigenvalue weighted by molar-refractivity contribution is 7.20. The van der Waals surface area contributed by atoms with Gasteiger partial charge in [-0.05, 0) is 35.1 Å². The van der Waals surface area contributed by atoms with Gasteiger partial charge in [-0.15, -0.1) is 11.3 Å². The summed E-state index contributed by atoms with van der Waals surface area (Å²) < 4.78 is 0. The van der Waals surface area contributed by atoms with Crippen LogP contribution >= 0.6 is 22.9 Å². The Labute approximate surface area is 137 Å². The summed E-state index contributed by atoms with van der Waals surface area (Å²) in [6.45, 7) is 3.49. The lowest BCUT2D eigenvalue weighted by Crippen LogP contribution is -2.18. The number of nitrogens with two attached hydrogens (primary N) is 1. The Morgan fingerprint density at radius 3 is 2.77 bits per heavy atom. The van der Waals surface area contributed by atoms with E-state index < -0.39 is 5.91 Å². The predicted octanol–water partition coefficient (Wildman–Crippen LogP) is 3.79. The van der Waals surface area contributed by atoms with Crippen LogP contribution in [0.2, 0.25) is 5.02 Å². The van der Waals surface area contributed by atoms with Gasteiger partial charge in [-0.25, -0.2) is 0 Å². The van der Waals surface area contributed by atoms with E-state index in [9.17, 15) is 9.59 Å². The van der Waals surface area contributed by atoms with Crippen molar-refractivity contribution in [3.63, 3.8) is 0 Å². The quantitative estimate of drug-likeness (QED) is 0.877. The van der Waals surface area contributed by atoms with Crippen molar-refractivity contribution in [2.75, 3.05) is 5.32 Å². The highest BCUT2D eigenvalue weighted by atomic mass is 35.5. The van der Waals surface area contributed by atoms with Crippen LogP contribution in [0.4, 0.5) is 5.00 Å². The molecule has 2 aromatic rings. The van der Waals surface area contributed by atoms with Crippen molar-refractivity contribution >= 4 is 39.8 Å². The Balaban J connectivity index is 2.27. The van der Waals surface area contributed by atoms with Gasteiger partial charge in [0, 0.05) is 16.8 Å². The highest BCUT2D eigenvalue weighted by Crippen LogP contribution is 2.49. The molecule has 3 N–H and O–H groups in total. The maximum Gasteiger partial charge on any atom is 0.252 e. The van der Waals surface area contributed by atoms with E-state index in [0.717, 1.165) is 26.6 Å². The SMILES string of the molecule is CC(=O)Nc1sc2c(c1C(N)=O)CC(C)c1c(Cl)cccc1-2. The van der Waals surface area contributed by atoms with Gasteiger partial charge >= 0.3 is 0 Å². The number of anilines is 1. The summed E-state index contributed by atoms with van der Waals surface area (Å²) in [6, 6.07) is 5.76. The molecular weight excluding hydrogens is 320 g/mol. The van der Waals surface area contributed by atoms with Gasteiger partial charge in [0.05, 0.1) is 5.56 Å². The molecule has 1 aromatic heterocycles. The smallest absolute Gasteiger partial charge is 0.252 e. The number of nitrogens with one attached hydrogen (secondary N) is 1. The van der Waals surface area contributed by atoms with Crippen molar-refractivity contribution in [2.24, 2.45) is 5.73 Å². The molecule has 1 aliphatic rings. The molecule has 22 heavy (non-hydrogen) atoms. The van der Waals surface area contributed by atoms with Gasteiger partial charge < -0.3 is 11.1 Å². The summed E-state index contributed by atoms with van der Waals surface area (Å²) in [5.74, 6) is -0.548. The molecule has 0 saturated heterocycles. The fourth-order valence-corrected chi connectivity index (χ4v) is 4.71. The Kier molecular flexibility index (Phi) is 3.70. The van der Waals surface area contributed by atoms with Gasteiger partial charge in [0.2, 0.25) is 5.91 Å². The average molecular weight is 335 g/mol. The van der Waals surface area contributed by atoms with Gasteiger partial charge in [0.15, 0.2) is 0 Å². The number of carbonyl (C=O) groups is 2. The summed E-state index contributed by atoms with van der Waals surface area (Å²) >= 11 is 7.72. The van der Waals surface area contributed by atoms with Crippen LogP contribution in [0.5, 0.6) is 0 Å². The molecule has 1 aromatic carbocycles. The average Bonchev–Trinajstić information content (AvgIpc) is 2.76. The van der Waals surface area contributed by atoms with Crippen molar-refractivity contribution in [3.05, 3.63) is 39.9 Å². The van der Waals surface area contributed by atoms with Crippen LogP contribution < -0.4 is 11.1 Å². The number of thiophene rings is 1. The number of hydrogen-bond acceptors (Lipinski definition) is 3. The molecule has 0 radical (unpaired) electrons. The number of amides is 2. The number of carbonyl (C=O) groups excluding carboxylic acids is 2. The van der Waals surface area contributed by atoms with Crippen LogP contribution in [0, 0.1) is 0 Å². The Bertz CT molecular complexity index is 798. The predicted molar refractivity (Wildman–Crippen MR) is 89.7 cm³/mol. The minimum atomic E-state index is -0.515. The molecule has 1 unspecified atom stereocenters. The molecule has 6 heteroatoms. The molecule has 1 aliphatic carbocycles. The minimum Gasteiger partial charge on any atom is -0.365 e. The van der Waals surface area contributed by atoms with Crippen LogP contribution in [-0.4, -0.2) is 11.8 Å². The van der Waals surface area contributed by atoms with Crippen molar-refractivity contribution < 1.29 is 9.59 Å². The van der Waals surface area contributed by atoms with Crippen LogP contribution in [0.1, 0.15) is 41.3 Å². The Morgan fingerprint density at radius 2 is 2.14 bits per heavy atom. The molecule has 3 rings (SSSR count). The van der Waals surface area contributed by atoms with Gasteiger partial charge in [0.25, 0.3) is 5.91 Å². The number of hydrogen-bond donors (Lipinski definition) is 2. The first-order chi connectivity index (χ1) is 10.4. The summed E-state index contributed by atoms with van der Waals surface area (Å²) in [6.07, 6.45) is 0.681. The second kappa shape index (κ2) is 5.41. The van der Waals surface area contributed by atoms with Crippen LogP contribution in [0.25, 0.3) is 10.4 Å². The normalized spacial score (nSPS) is 15.9. The molecule has 0 aliphatic heterocycles. The van der Waals surface area contributed by atoms with E-state index in [-0.39, 0.29) is 11.8 Å². The van der Waals surface area contributed by atoms with E-state index in [1.54, 1.807) is 0 Å². The maximum absolute atomic E-state index is 11.9. The topological polar surface area (TPSA) is 72.2 Å². The van der Waals surface area contributed by atoms with Gasteiger partial charge in [-0.3, -0.25) is 9.59 Å². The lowest BCUT2D eigenvalue weighted by atomic mass is 9.82. The molecule has 4 nitrogen and oxygen atoms in total. The molecular formula is C16H15ClN2O2S. The van der Waals surface area contributed by atoms with E-state index in [0.29, 0.717) is 17.0 Å². The number of fused-ring (bicyclic) bond motifs is 3. The third kappa shape index (κ3) is 2.30. The van der Waals surface area contributed by atoms with E-state index >= 15 is 0 Å². The molecule has 0 bridgehead atoms. The molecule has 1 atom stereocenters.